The maximum Gasteiger partial charge on any atom is 0.181 e. The first-order valence-corrected chi connectivity index (χ1v) is 6.98. The summed E-state index contributed by atoms with van der Waals surface area (Å²) in [4.78, 5) is 12.9. The van der Waals surface area contributed by atoms with Crippen molar-refractivity contribution in [3.63, 3.8) is 0 Å². The molecule has 112 valence electrons. The number of hydrogen-bond donors (Lipinski definition) is 2. The number of piperazine rings is 1. The number of aliphatic hydroxyl groups excluding tert-OH is 1. The Bertz CT molecular complexity index is 578. The molecule has 21 heavy (non-hydrogen) atoms. The van der Waals surface area contributed by atoms with Crippen molar-refractivity contribution in [2.24, 2.45) is 0 Å². The summed E-state index contributed by atoms with van der Waals surface area (Å²) in [6.07, 6.45) is 5.01. The zero-order valence-electron chi connectivity index (χ0n) is 11.8. The van der Waals surface area contributed by atoms with Crippen LogP contribution in [0.4, 0.5) is 11.5 Å². The lowest BCUT2D eigenvalue weighted by molar-refractivity contribution is 0.188. The van der Waals surface area contributed by atoms with Crippen LogP contribution < -0.4 is 10.6 Å². The van der Waals surface area contributed by atoms with Gasteiger partial charge in [-0.1, -0.05) is 0 Å². The molecule has 0 radical (unpaired) electrons. The number of aromatic nitrogens is 4. The van der Waals surface area contributed by atoms with Gasteiger partial charge in [-0.25, -0.2) is 14.6 Å². The average Bonchev–Trinajstić information content (AvgIpc) is 3.03. The molecule has 1 aliphatic heterocycles. The normalized spacial score (nSPS) is 16.3. The van der Waals surface area contributed by atoms with Gasteiger partial charge in [0.1, 0.15) is 12.0 Å². The van der Waals surface area contributed by atoms with Crippen molar-refractivity contribution in [3.8, 4) is 5.82 Å². The van der Waals surface area contributed by atoms with Gasteiger partial charge in [-0.15, -0.1) is 0 Å². The molecule has 0 bridgehead atoms. The van der Waals surface area contributed by atoms with E-state index in [0.29, 0.717) is 18.1 Å². The fraction of sp³-hybridized carbons (Fsp3) is 0.462. The van der Waals surface area contributed by atoms with Crippen LogP contribution in [0.2, 0.25) is 0 Å². The quantitative estimate of drug-likeness (QED) is 0.772. The standard InChI is InChI=1S/C13H19N7O/c14-11-12(19-6-4-18(5-7-19)8-9-21)15-10-16-13(11)20-3-1-2-17-20/h1-3,10,21H,4-9,14H2. The number of hydrogen-bond acceptors (Lipinski definition) is 7. The number of nitrogen functional groups attached to an aromatic ring is 1. The van der Waals surface area contributed by atoms with E-state index in [-0.39, 0.29) is 6.61 Å². The van der Waals surface area contributed by atoms with Gasteiger partial charge >= 0.3 is 0 Å². The van der Waals surface area contributed by atoms with E-state index in [1.807, 2.05) is 12.3 Å². The van der Waals surface area contributed by atoms with Crippen LogP contribution in [0.5, 0.6) is 0 Å². The molecular formula is C13H19N7O. The molecule has 1 fully saturated rings. The van der Waals surface area contributed by atoms with E-state index in [4.69, 9.17) is 10.8 Å². The summed E-state index contributed by atoms with van der Waals surface area (Å²) in [5.74, 6) is 1.35. The number of β-amino-alcohol motifs (C(OH)–C–C–N with tert-alkyl or cyclic N) is 1. The van der Waals surface area contributed by atoms with Crippen LogP contribution in [0.25, 0.3) is 5.82 Å². The molecule has 0 aromatic carbocycles. The zero-order chi connectivity index (χ0) is 14.7. The van der Waals surface area contributed by atoms with E-state index in [0.717, 1.165) is 32.0 Å². The lowest BCUT2D eigenvalue weighted by atomic mass is 10.3. The molecule has 0 atom stereocenters. The molecule has 8 nitrogen and oxygen atoms in total. The monoisotopic (exact) mass is 289 g/mol. The minimum absolute atomic E-state index is 0.194. The van der Waals surface area contributed by atoms with Gasteiger partial charge in [-0.05, 0) is 6.07 Å². The van der Waals surface area contributed by atoms with Crippen molar-refractivity contribution in [1.29, 1.82) is 0 Å². The molecule has 0 unspecified atom stereocenters. The maximum absolute atomic E-state index is 8.98. The molecule has 2 aromatic heterocycles. The lowest BCUT2D eigenvalue weighted by Crippen LogP contribution is -2.47. The van der Waals surface area contributed by atoms with Crippen molar-refractivity contribution >= 4 is 11.5 Å². The first kappa shape index (κ1) is 13.8. The second-order valence-corrected chi connectivity index (χ2v) is 4.94. The maximum atomic E-state index is 8.98. The van der Waals surface area contributed by atoms with Crippen LogP contribution in [0, 0.1) is 0 Å². The summed E-state index contributed by atoms with van der Waals surface area (Å²) in [5, 5.41) is 13.1. The third-order valence-electron chi connectivity index (χ3n) is 3.65. The molecule has 8 heteroatoms. The molecule has 3 heterocycles. The van der Waals surface area contributed by atoms with Gasteiger partial charge in [0.15, 0.2) is 11.6 Å². The molecule has 0 spiro atoms. The van der Waals surface area contributed by atoms with E-state index in [2.05, 4.69) is 24.9 Å². The molecule has 0 amide bonds. The first-order chi connectivity index (χ1) is 10.3. The lowest BCUT2D eigenvalue weighted by Gasteiger charge is -2.35. The second-order valence-electron chi connectivity index (χ2n) is 4.94. The van der Waals surface area contributed by atoms with Gasteiger partial charge in [0.05, 0.1) is 6.61 Å². The summed E-state index contributed by atoms with van der Waals surface area (Å²) in [6, 6.07) is 1.83. The Kier molecular flexibility index (Phi) is 3.98. The zero-order valence-corrected chi connectivity index (χ0v) is 11.8. The highest BCUT2D eigenvalue weighted by atomic mass is 16.3. The third kappa shape index (κ3) is 2.81. The average molecular weight is 289 g/mol. The number of rotatable bonds is 4. The summed E-state index contributed by atoms with van der Waals surface area (Å²) in [5.41, 5.74) is 6.76. The van der Waals surface area contributed by atoms with Crippen molar-refractivity contribution in [3.05, 3.63) is 24.8 Å². The predicted molar refractivity (Wildman–Crippen MR) is 79.3 cm³/mol. The van der Waals surface area contributed by atoms with Crippen LogP contribution in [-0.4, -0.2) is 69.1 Å². The molecular weight excluding hydrogens is 270 g/mol. The molecule has 1 saturated heterocycles. The molecule has 0 aliphatic carbocycles. The third-order valence-corrected chi connectivity index (χ3v) is 3.65. The van der Waals surface area contributed by atoms with Crippen molar-refractivity contribution < 1.29 is 5.11 Å². The van der Waals surface area contributed by atoms with E-state index in [9.17, 15) is 0 Å². The van der Waals surface area contributed by atoms with Gasteiger partial charge in [0, 0.05) is 45.1 Å². The fourth-order valence-electron chi connectivity index (χ4n) is 2.53. The van der Waals surface area contributed by atoms with Crippen molar-refractivity contribution in [1.82, 2.24) is 24.6 Å². The van der Waals surface area contributed by atoms with Crippen LogP contribution in [0.15, 0.2) is 24.8 Å². The number of nitrogens with zero attached hydrogens (tertiary/aromatic N) is 6. The Balaban J connectivity index is 1.79. The fourth-order valence-corrected chi connectivity index (χ4v) is 2.53. The van der Waals surface area contributed by atoms with E-state index in [1.165, 1.54) is 6.33 Å². The highest BCUT2D eigenvalue weighted by Crippen LogP contribution is 2.25. The minimum Gasteiger partial charge on any atom is -0.395 e. The molecule has 3 N–H and O–H groups in total. The summed E-state index contributed by atoms with van der Waals surface area (Å²) in [6.45, 7) is 4.35. The van der Waals surface area contributed by atoms with E-state index in [1.54, 1.807) is 10.9 Å². The van der Waals surface area contributed by atoms with Crippen LogP contribution >= 0.6 is 0 Å². The van der Waals surface area contributed by atoms with Crippen LogP contribution in [0.3, 0.4) is 0 Å². The van der Waals surface area contributed by atoms with Crippen molar-refractivity contribution in [2.75, 3.05) is 50.0 Å². The van der Waals surface area contributed by atoms with Crippen LogP contribution in [-0.2, 0) is 0 Å². The summed E-state index contributed by atoms with van der Waals surface area (Å²) >= 11 is 0. The van der Waals surface area contributed by atoms with E-state index >= 15 is 0 Å². The topological polar surface area (TPSA) is 96.3 Å². The number of aliphatic hydroxyl groups is 1. The van der Waals surface area contributed by atoms with Crippen LogP contribution in [0.1, 0.15) is 0 Å². The number of nitrogens with two attached hydrogens (primary N) is 1. The first-order valence-electron chi connectivity index (χ1n) is 6.98. The smallest absolute Gasteiger partial charge is 0.181 e. The van der Waals surface area contributed by atoms with Crippen molar-refractivity contribution in [2.45, 2.75) is 0 Å². The molecule has 3 rings (SSSR count). The highest BCUT2D eigenvalue weighted by Gasteiger charge is 2.21. The number of anilines is 2. The Morgan fingerprint density at radius 3 is 2.57 bits per heavy atom. The second kappa shape index (κ2) is 6.06. The van der Waals surface area contributed by atoms with Gasteiger partial charge in [-0.2, -0.15) is 5.10 Å². The Morgan fingerprint density at radius 2 is 1.90 bits per heavy atom. The molecule has 2 aromatic rings. The molecule has 1 aliphatic rings. The van der Waals surface area contributed by atoms with Gasteiger partial charge in [0.25, 0.3) is 0 Å². The molecule has 0 saturated carbocycles. The minimum atomic E-state index is 0.194. The Labute approximate surface area is 122 Å². The van der Waals surface area contributed by atoms with Gasteiger partial charge in [0.2, 0.25) is 0 Å². The largest absolute Gasteiger partial charge is 0.395 e. The summed E-state index contributed by atoms with van der Waals surface area (Å²) < 4.78 is 1.64. The highest BCUT2D eigenvalue weighted by molar-refractivity contribution is 5.70. The summed E-state index contributed by atoms with van der Waals surface area (Å²) in [7, 11) is 0. The predicted octanol–water partition coefficient (Wildman–Crippen LogP) is -0.641. The SMILES string of the molecule is Nc1c(N2CCN(CCO)CC2)ncnc1-n1cccn1. The van der Waals surface area contributed by atoms with Gasteiger partial charge in [-0.3, -0.25) is 4.90 Å². The Hall–Kier alpha value is -2.19. The van der Waals surface area contributed by atoms with E-state index < -0.39 is 0 Å². The Morgan fingerprint density at radius 1 is 1.14 bits per heavy atom. The van der Waals surface area contributed by atoms with Gasteiger partial charge < -0.3 is 15.7 Å².